The van der Waals surface area contributed by atoms with E-state index in [1.54, 1.807) is 30.3 Å². The molecule has 4 N–H and O–H groups in total. The second kappa shape index (κ2) is 6.75. The molecule has 0 spiro atoms. The summed E-state index contributed by atoms with van der Waals surface area (Å²) < 4.78 is 0. The fourth-order valence-electron chi connectivity index (χ4n) is 1.82. The number of carbonyl (C=O) groups is 2. The first kappa shape index (κ1) is 15.8. The predicted octanol–water partition coefficient (Wildman–Crippen LogP) is 2.04. The zero-order valence-corrected chi connectivity index (χ0v) is 11.7. The summed E-state index contributed by atoms with van der Waals surface area (Å²) in [7, 11) is 0. The van der Waals surface area contributed by atoms with Gasteiger partial charge in [-0.3, -0.25) is 4.79 Å². The molecule has 0 heterocycles. The SMILES string of the molecule is CCCC(C)(NC(=O)/C=C/c1ccc(N)cc1)C(=O)O. The minimum Gasteiger partial charge on any atom is -0.480 e. The van der Waals surface area contributed by atoms with E-state index in [1.807, 2.05) is 6.92 Å². The lowest BCUT2D eigenvalue weighted by atomic mass is 9.96. The van der Waals surface area contributed by atoms with Gasteiger partial charge in [0, 0.05) is 11.8 Å². The van der Waals surface area contributed by atoms with Crippen LogP contribution in [0.5, 0.6) is 0 Å². The number of hydrogen-bond donors (Lipinski definition) is 3. The maximum atomic E-state index is 11.8. The van der Waals surface area contributed by atoms with Crippen LogP contribution in [-0.4, -0.2) is 22.5 Å². The zero-order valence-electron chi connectivity index (χ0n) is 11.7. The molecule has 108 valence electrons. The molecular weight excluding hydrogens is 256 g/mol. The molecule has 1 unspecified atom stereocenters. The molecule has 0 aliphatic rings. The Morgan fingerprint density at radius 2 is 1.95 bits per heavy atom. The maximum Gasteiger partial charge on any atom is 0.329 e. The van der Waals surface area contributed by atoms with Gasteiger partial charge in [-0.25, -0.2) is 4.79 Å². The highest BCUT2D eigenvalue weighted by Crippen LogP contribution is 2.13. The number of benzene rings is 1. The Kier molecular flexibility index (Phi) is 5.32. The van der Waals surface area contributed by atoms with Crippen LogP contribution in [-0.2, 0) is 9.59 Å². The Labute approximate surface area is 118 Å². The molecule has 0 saturated heterocycles. The lowest BCUT2D eigenvalue weighted by Gasteiger charge is -2.24. The summed E-state index contributed by atoms with van der Waals surface area (Å²) in [5.74, 6) is -1.46. The van der Waals surface area contributed by atoms with Gasteiger partial charge in [0.1, 0.15) is 5.54 Å². The summed E-state index contributed by atoms with van der Waals surface area (Å²) in [5, 5.41) is 11.7. The molecule has 1 amide bonds. The normalized spacial score (nSPS) is 13.9. The molecule has 0 aliphatic carbocycles. The number of aliphatic carboxylic acids is 1. The molecule has 1 aromatic carbocycles. The molecule has 1 atom stereocenters. The first-order chi connectivity index (χ1) is 9.37. The van der Waals surface area contributed by atoms with Crippen molar-refractivity contribution in [3.8, 4) is 0 Å². The number of nitrogens with two attached hydrogens (primary N) is 1. The van der Waals surface area contributed by atoms with Crippen molar-refractivity contribution in [3.63, 3.8) is 0 Å². The lowest BCUT2D eigenvalue weighted by Crippen LogP contribution is -2.51. The van der Waals surface area contributed by atoms with Crippen molar-refractivity contribution in [2.45, 2.75) is 32.2 Å². The minimum absolute atomic E-state index is 0.379. The van der Waals surface area contributed by atoms with E-state index < -0.39 is 17.4 Å². The Morgan fingerprint density at radius 3 is 2.45 bits per heavy atom. The second-order valence-electron chi connectivity index (χ2n) is 4.88. The Hall–Kier alpha value is -2.30. The Balaban J connectivity index is 2.71. The smallest absolute Gasteiger partial charge is 0.329 e. The van der Waals surface area contributed by atoms with Crippen LogP contribution in [0.15, 0.2) is 30.3 Å². The summed E-state index contributed by atoms with van der Waals surface area (Å²) in [5.41, 5.74) is 5.79. The molecule has 0 radical (unpaired) electrons. The number of amides is 1. The number of carboxylic acid groups (broad SMARTS) is 1. The highest BCUT2D eigenvalue weighted by molar-refractivity contribution is 5.95. The fraction of sp³-hybridized carbons (Fsp3) is 0.333. The average molecular weight is 276 g/mol. The summed E-state index contributed by atoms with van der Waals surface area (Å²) in [4.78, 5) is 23.0. The molecule has 5 nitrogen and oxygen atoms in total. The summed E-state index contributed by atoms with van der Waals surface area (Å²) in [6, 6.07) is 7.02. The van der Waals surface area contributed by atoms with Gasteiger partial charge in [0.15, 0.2) is 0 Å². The molecule has 1 rings (SSSR count). The van der Waals surface area contributed by atoms with Gasteiger partial charge in [0.25, 0.3) is 0 Å². The monoisotopic (exact) mass is 276 g/mol. The van der Waals surface area contributed by atoms with Gasteiger partial charge in [-0.15, -0.1) is 0 Å². The van der Waals surface area contributed by atoms with Crippen molar-refractivity contribution < 1.29 is 14.7 Å². The molecule has 5 heteroatoms. The van der Waals surface area contributed by atoms with E-state index in [9.17, 15) is 14.7 Å². The van der Waals surface area contributed by atoms with E-state index in [4.69, 9.17) is 5.73 Å². The highest BCUT2D eigenvalue weighted by atomic mass is 16.4. The first-order valence-corrected chi connectivity index (χ1v) is 6.46. The number of rotatable bonds is 6. The summed E-state index contributed by atoms with van der Waals surface area (Å²) in [6.45, 7) is 3.38. The van der Waals surface area contributed by atoms with Gasteiger partial charge >= 0.3 is 5.97 Å². The van der Waals surface area contributed by atoms with Crippen LogP contribution in [0.4, 0.5) is 5.69 Å². The third-order valence-corrected chi connectivity index (χ3v) is 2.98. The molecule has 0 aliphatic heterocycles. The van der Waals surface area contributed by atoms with Gasteiger partial charge in [0.05, 0.1) is 0 Å². The standard InChI is InChI=1S/C15H20N2O3/c1-3-10-15(2,14(19)20)17-13(18)9-6-11-4-7-12(16)8-5-11/h4-9H,3,10,16H2,1-2H3,(H,17,18)(H,19,20)/b9-6+. The summed E-state index contributed by atoms with van der Waals surface area (Å²) in [6.07, 6.45) is 3.99. The van der Waals surface area contributed by atoms with Crippen molar-refractivity contribution in [2.24, 2.45) is 0 Å². The predicted molar refractivity (Wildman–Crippen MR) is 79.0 cm³/mol. The van der Waals surface area contributed by atoms with Crippen LogP contribution in [0.1, 0.15) is 32.3 Å². The lowest BCUT2D eigenvalue weighted by molar-refractivity contribution is -0.146. The van der Waals surface area contributed by atoms with E-state index in [1.165, 1.54) is 13.0 Å². The van der Waals surface area contributed by atoms with Gasteiger partial charge in [0.2, 0.25) is 5.91 Å². The van der Waals surface area contributed by atoms with E-state index in [2.05, 4.69) is 5.32 Å². The van der Waals surface area contributed by atoms with Crippen molar-refractivity contribution in [3.05, 3.63) is 35.9 Å². The molecule has 0 aromatic heterocycles. The number of nitrogens with one attached hydrogen (secondary N) is 1. The number of nitrogen functional groups attached to an aromatic ring is 1. The van der Waals surface area contributed by atoms with Crippen LogP contribution >= 0.6 is 0 Å². The molecule has 0 bridgehead atoms. The van der Waals surface area contributed by atoms with E-state index in [-0.39, 0.29) is 0 Å². The molecule has 0 fully saturated rings. The van der Waals surface area contributed by atoms with E-state index >= 15 is 0 Å². The maximum absolute atomic E-state index is 11.8. The third-order valence-electron chi connectivity index (χ3n) is 2.98. The van der Waals surface area contributed by atoms with Crippen LogP contribution in [0.2, 0.25) is 0 Å². The Bertz CT molecular complexity index is 508. The average Bonchev–Trinajstić information content (AvgIpc) is 2.38. The molecule has 20 heavy (non-hydrogen) atoms. The number of carbonyl (C=O) groups excluding carboxylic acids is 1. The van der Waals surface area contributed by atoms with Crippen LogP contribution in [0.3, 0.4) is 0 Å². The van der Waals surface area contributed by atoms with Crippen molar-refractivity contribution in [1.29, 1.82) is 0 Å². The number of carboxylic acids is 1. The van der Waals surface area contributed by atoms with Crippen LogP contribution in [0.25, 0.3) is 6.08 Å². The topological polar surface area (TPSA) is 92.4 Å². The highest BCUT2D eigenvalue weighted by Gasteiger charge is 2.33. The van der Waals surface area contributed by atoms with E-state index in [0.29, 0.717) is 18.5 Å². The quantitative estimate of drug-likeness (QED) is 0.547. The van der Waals surface area contributed by atoms with E-state index in [0.717, 1.165) is 5.56 Å². The van der Waals surface area contributed by atoms with Crippen molar-refractivity contribution in [1.82, 2.24) is 5.32 Å². The van der Waals surface area contributed by atoms with Crippen LogP contribution in [0, 0.1) is 0 Å². The summed E-state index contributed by atoms with van der Waals surface area (Å²) >= 11 is 0. The van der Waals surface area contributed by atoms with Gasteiger partial charge in [-0.05, 0) is 37.1 Å². The van der Waals surface area contributed by atoms with Crippen LogP contribution < -0.4 is 11.1 Å². The Morgan fingerprint density at radius 1 is 1.35 bits per heavy atom. The number of hydrogen-bond acceptors (Lipinski definition) is 3. The van der Waals surface area contributed by atoms with Gasteiger partial charge < -0.3 is 16.2 Å². The second-order valence-corrected chi connectivity index (χ2v) is 4.88. The fourth-order valence-corrected chi connectivity index (χ4v) is 1.82. The third kappa shape index (κ3) is 4.42. The first-order valence-electron chi connectivity index (χ1n) is 6.46. The largest absolute Gasteiger partial charge is 0.480 e. The molecule has 0 saturated carbocycles. The zero-order chi connectivity index (χ0) is 15.2. The number of anilines is 1. The molecular formula is C15H20N2O3. The van der Waals surface area contributed by atoms with Crippen molar-refractivity contribution >= 4 is 23.6 Å². The minimum atomic E-state index is -1.24. The molecule has 1 aromatic rings. The van der Waals surface area contributed by atoms with Gasteiger partial charge in [-0.1, -0.05) is 25.5 Å². The van der Waals surface area contributed by atoms with Crippen molar-refractivity contribution in [2.75, 3.05) is 5.73 Å². The van der Waals surface area contributed by atoms with Gasteiger partial charge in [-0.2, -0.15) is 0 Å².